The number of anilines is 1. The van der Waals surface area contributed by atoms with Crippen LogP contribution in [0, 0.1) is 5.92 Å². The van der Waals surface area contributed by atoms with Gasteiger partial charge in [0.1, 0.15) is 0 Å². The first kappa shape index (κ1) is 14.3. The van der Waals surface area contributed by atoms with Gasteiger partial charge in [0.15, 0.2) is 0 Å². The molecule has 1 amide bonds. The third-order valence-electron chi connectivity index (χ3n) is 4.16. The molecular weight excluding hydrogens is 268 g/mol. The summed E-state index contributed by atoms with van der Waals surface area (Å²) in [7, 11) is 0. The lowest BCUT2D eigenvalue weighted by molar-refractivity contribution is -0.00347. The predicted octanol–water partition coefficient (Wildman–Crippen LogP) is 1.60. The SMILES string of the molecule is O=C(NC1COC1)c1cnc(NCC2CCCCC2)nc1. The molecule has 0 radical (unpaired) electrons. The van der Waals surface area contributed by atoms with Crippen LogP contribution in [0.15, 0.2) is 12.4 Å². The minimum Gasteiger partial charge on any atom is -0.377 e. The second kappa shape index (κ2) is 6.85. The Labute approximate surface area is 124 Å². The molecule has 1 aromatic heterocycles. The molecule has 0 unspecified atom stereocenters. The number of nitrogens with one attached hydrogen (secondary N) is 2. The average molecular weight is 290 g/mol. The first-order valence-corrected chi connectivity index (χ1v) is 7.76. The number of hydrogen-bond donors (Lipinski definition) is 2. The van der Waals surface area contributed by atoms with E-state index in [1.54, 1.807) is 12.4 Å². The van der Waals surface area contributed by atoms with E-state index >= 15 is 0 Å². The fourth-order valence-corrected chi connectivity index (χ4v) is 2.75. The molecule has 1 aliphatic carbocycles. The Morgan fingerprint density at radius 2 is 1.90 bits per heavy atom. The van der Waals surface area contributed by atoms with Gasteiger partial charge in [-0.25, -0.2) is 9.97 Å². The predicted molar refractivity (Wildman–Crippen MR) is 79.2 cm³/mol. The van der Waals surface area contributed by atoms with Crippen LogP contribution in [0.25, 0.3) is 0 Å². The summed E-state index contributed by atoms with van der Waals surface area (Å²) in [6.45, 7) is 2.10. The van der Waals surface area contributed by atoms with Crippen LogP contribution in [-0.2, 0) is 4.74 Å². The second-order valence-electron chi connectivity index (χ2n) is 5.89. The number of ether oxygens (including phenoxy) is 1. The maximum Gasteiger partial charge on any atom is 0.254 e. The number of nitrogens with zero attached hydrogens (tertiary/aromatic N) is 2. The summed E-state index contributed by atoms with van der Waals surface area (Å²) in [5, 5.41) is 6.14. The molecule has 1 saturated carbocycles. The molecule has 21 heavy (non-hydrogen) atoms. The Morgan fingerprint density at radius 3 is 2.52 bits per heavy atom. The fraction of sp³-hybridized carbons (Fsp3) is 0.667. The van der Waals surface area contributed by atoms with Crippen molar-refractivity contribution in [2.75, 3.05) is 25.1 Å². The monoisotopic (exact) mass is 290 g/mol. The van der Waals surface area contributed by atoms with Gasteiger partial charge in [0.2, 0.25) is 5.95 Å². The van der Waals surface area contributed by atoms with Crippen molar-refractivity contribution in [2.24, 2.45) is 5.92 Å². The van der Waals surface area contributed by atoms with E-state index in [2.05, 4.69) is 20.6 Å². The first-order chi connectivity index (χ1) is 10.3. The smallest absolute Gasteiger partial charge is 0.254 e. The van der Waals surface area contributed by atoms with Crippen molar-refractivity contribution in [3.63, 3.8) is 0 Å². The highest BCUT2D eigenvalue weighted by atomic mass is 16.5. The number of rotatable bonds is 5. The van der Waals surface area contributed by atoms with E-state index in [1.807, 2.05) is 0 Å². The zero-order valence-electron chi connectivity index (χ0n) is 12.2. The van der Waals surface area contributed by atoms with E-state index in [4.69, 9.17) is 4.74 Å². The van der Waals surface area contributed by atoms with Crippen molar-refractivity contribution < 1.29 is 9.53 Å². The zero-order valence-corrected chi connectivity index (χ0v) is 12.2. The Kier molecular flexibility index (Phi) is 4.65. The van der Waals surface area contributed by atoms with Gasteiger partial charge in [0, 0.05) is 18.9 Å². The molecule has 2 heterocycles. The van der Waals surface area contributed by atoms with Gasteiger partial charge in [-0.05, 0) is 18.8 Å². The van der Waals surface area contributed by atoms with E-state index in [0.29, 0.717) is 24.7 Å². The Hall–Kier alpha value is -1.69. The van der Waals surface area contributed by atoms with Gasteiger partial charge in [-0.2, -0.15) is 0 Å². The standard InChI is InChI=1S/C15H22N4O2/c20-14(19-13-9-21-10-13)12-7-17-15(18-8-12)16-6-11-4-2-1-3-5-11/h7-8,11,13H,1-6,9-10H2,(H,19,20)(H,16,17,18). The second-order valence-corrected chi connectivity index (χ2v) is 5.89. The van der Waals surface area contributed by atoms with Crippen molar-refractivity contribution in [2.45, 2.75) is 38.1 Å². The molecule has 1 saturated heterocycles. The highest BCUT2D eigenvalue weighted by Gasteiger charge is 2.21. The number of amides is 1. The topological polar surface area (TPSA) is 76.1 Å². The zero-order chi connectivity index (χ0) is 14.5. The van der Waals surface area contributed by atoms with E-state index in [0.717, 1.165) is 12.5 Å². The highest BCUT2D eigenvalue weighted by molar-refractivity contribution is 5.93. The van der Waals surface area contributed by atoms with Gasteiger partial charge < -0.3 is 15.4 Å². The van der Waals surface area contributed by atoms with Crippen molar-refractivity contribution in [3.05, 3.63) is 18.0 Å². The molecule has 2 fully saturated rings. The maximum absolute atomic E-state index is 11.9. The Balaban J connectivity index is 1.47. The number of hydrogen-bond acceptors (Lipinski definition) is 5. The lowest BCUT2D eigenvalue weighted by atomic mass is 9.89. The van der Waals surface area contributed by atoms with Crippen LogP contribution in [0.3, 0.4) is 0 Å². The van der Waals surface area contributed by atoms with Gasteiger partial charge in [-0.1, -0.05) is 19.3 Å². The van der Waals surface area contributed by atoms with Crippen molar-refractivity contribution in [1.29, 1.82) is 0 Å². The van der Waals surface area contributed by atoms with Gasteiger partial charge in [0.05, 0.1) is 24.8 Å². The molecule has 2 aliphatic rings. The largest absolute Gasteiger partial charge is 0.377 e. The van der Waals surface area contributed by atoms with Gasteiger partial charge in [-0.3, -0.25) is 4.79 Å². The molecule has 0 aromatic carbocycles. The molecule has 1 aliphatic heterocycles. The molecule has 6 nitrogen and oxygen atoms in total. The summed E-state index contributed by atoms with van der Waals surface area (Å²) in [4.78, 5) is 20.3. The number of carbonyl (C=O) groups excluding carboxylic acids is 1. The lowest BCUT2D eigenvalue weighted by Gasteiger charge is -2.26. The van der Waals surface area contributed by atoms with Crippen molar-refractivity contribution >= 4 is 11.9 Å². The molecule has 0 bridgehead atoms. The third kappa shape index (κ3) is 3.91. The first-order valence-electron chi connectivity index (χ1n) is 7.76. The Morgan fingerprint density at radius 1 is 1.19 bits per heavy atom. The van der Waals surface area contributed by atoms with Crippen LogP contribution in [0.2, 0.25) is 0 Å². The summed E-state index contributed by atoms with van der Waals surface area (Å²) in [6.07, 6.45) is 9.75. The molecule has 3 rings (SSSR count). The quantitative estimate of drug-likeness (QED) is 0.861. The summed E-state index contributed by atoms with van der Waals surface area (Å²) in [6, 6.07) is 0.126. The van der Waals surface area contributed by atoms with E-state index in [1.165, 1.54) is 32.1 Å². The summed E-state index contributed by atoms with van der Waals surface area (Å²) in [5.41, 5.74) is 0.491. The molecule has 0 atom stereocenters. The van der Waals surface area contributed by atoms with Crippen LogP contribution < -0.4 is 10.6 Å². The average Bonchev–Trinajstić information content (AvgIpc) is 2.50. The van der Waals surface area contributed by atoms with Crippen LogP contribution in [0.1, 0.15) is 42.5 Å². The third-order valence-corrected chi connectivity index (χ3v) is 4.16. The van der Waals surface area contributed by atoms with E-state index in [-0.39, 0.29) is 11.9 Å². The van der Waals surface area contributed by atoms with E-state index in [9.17, 15) is 4.79 Å². The maximum atomic E-state index is 11.9. The highest BCUT2D eigenvalue weighted by Crippen LogP contribution is 2.23. The molecular formula is C15H22N4O2. The summed E-state index contributed by atoms with van der Waals surface area (Å²) in [5.74, 6) is 1.19. The van der Waals surface area contributed by atoms with Crippen molar-refractivity contribution in [1.82, 2.24) is 15.3 Å². The van der Waals surface area contributed by atoms with Gasteiger partial charge in [0.25, 0.3) is 5.91 Å². The molecule has 1 aromatic rings. The van der Waals surface area contributed by atoms with Crippen LogP contribution in [0.4, 0.5) is 5.95 Å². The van der Waals surface area contributed by atoms with Gasteiger partial charge >= 0.3 is 0 Å². The minimum atomic E-state index is -0.137. The summed E-state index contributed by atoms with van der Waals surface area (Å²) >= 11 is 0. The van der Waals surface area contributed by atoms with Crippen LogP contribution in [0.5, 0.6) is 0 Å². The fourth-order valence-electron chi connectivity index (χ4n) is 2.75. The normalized spacial score (nSPS) is 19.8. The molecule has 2 N–H and O–H groups in total. The van der Waals surface area contributed by atoms with Crippen LogP contribution in [-0.4, -0.2) is 41.7 Å². The molecule has 114 valence electrons. The van der Waals surface area contributed by atoms with Crippen LogP contribution >= 0.6 is 0 Å². The summed E-state index contributed by atoms with van der Waals surface area (Å²) < 4.78 is 5.02. The van der Waals surface area contributed by atoms with Crippen molar-refractivity contribution in [3.8, 4) is 0 Å². The molecule has 0 spiro atoms. The Bertz CT molecular complexity index is 467. The number of aromatic nitrogens is 2. The molecule has 6 heteroatoms. The van der Waals surface area contributed by atoms with Gasteiger partial charge in [-0.15, -0.1) is 0 Å². The lowest BCUT2D eigenvalue weighted by Crippen LogP contribution is -2.48. The van der Waals surface area contributed by atoms with E-state index < -0.39 is 0 Å². The number of carbonyl (C=O) groups is 1. The minimum absolute atomic E-state index is 0.126.